The summed E-state index contributed by atoms with van der Waals surface area (Å²) >= 11 is 0. The number of nitrogens with one attached hydrogen (secondary N) is 2. The van der Waals surface area contributed by atoms with Gasteiger partial charge in [-0.1, -0.05) is 56.3 Å². The van der Waals surface area contributed by atoms with Crippen molar-refractivity contribution in [1.82, 2.24) is 10.6 Å². The maximum Gasteiger partial charge on any atom is 0.338 e. The molecule has 36 heavy (non-hydrogen) atoms. The number of hydrogen-bond acceptors (Lipinski definition) is 6. The van der Waals surface area contributed by atoms with Gasteiger partial charge in [0.2, 0.25) is 11.8 Å². The molecule has 1 saturated heterocycles. The standard InChI is InChI=1S/C27H27FN2O6/c1-15(2)24(31)29-21-12-19(25(32)30-26(21)33)22-13-20(28)23(36-22)14-35-27(34)18-10-8-17(9-11-18)16-6-4-3-5-7-16/h3-12,15,19-20,22-23H,13-14H2,1-2H3,(H,29,31)(H,30,32,33)/t19?,20-,22+,23+/m0/s1. The quantitative estimate of drug-likeness (QED) is 0.452. The molecule has 0 saturated carbocycles. The van der Waals surface area contributed by atoms with Crippen LogP contribution in [0.3, 0.4) is 0 Å². The number of hydrogen-bond donors (Lipinski definition) is 2. The summed E-state index contributed by atoms with van der Waals surface area (Å²) < 4.78 is 25.7. The summed E-state index contributed by atoms with van der Waals surface area (Å²) in [5, 5.41) is 4.65. The highest BCUT2D eigenvalue weighted by Gasteiger charge is 2.44. The molecule has 1 unspecified atom stereocenters. The van der Waals surface area contributed by atoms with Gasteiger partial charge in [0.05, 0.1) is 17.6 Å². The number of carbonyl (C=O) groups excluding carboxylic acids is 4. The van der Waals surface area contributed by atoms with E-state index in [0.29, 0.717) is 5.56 Å². The van der Waals surface area contributed by atoms with Gasteiger partial charge < -0.3 is 14.8 Å². The lowest BCUT2D eigenvalue weighted by Gasteiger charge is -2.25. The molecular weight excluding hydrogens is 467 g/mol. The zero-order chi connectivity index (χ0) is 25.8. The number of imide groups is 1. The van der Waals surface area contributed by atoms with Crippen LogP contribution in [0.2, 0.25) is 0 Å². The third-order valence-electron chi connectivity index (χ3n) is 6.13. The Morgan fingerprint density at radius 2 is 1.75 bits per heavy atom. The minimum atomic E-state index is -1.48. The van der Waals surface area contributed by atoms with Crippen LogP contribution in [0.4, 0.5) is 4.39 Å². The zero-order valence-corrected chi connectivity index (χ0v) is 19.9. The molecule has 188 valence electrons. The smallest absolute Gasteiger partial charge is 0.338 e. The van der Waals surface area contributed by atoms with Gasteiger partial charge in [-0.3, -0.25) is 19.7 Å². The van der Waals surface area contributed by atoms with Gasteiger partial charge in [-0.2, -0.15) is 0 Å². The molecule has 0 radical (unpaired) electrons. The molecule has 4 rings (SSSR count). The van der Waals surface area contributed by atoms with Crippen LogP contribution in [0.15, 0.2) is 66.4 Å². The molecule has 4 atom stereocenters. The largest absolute Gasteiger partial charge is 0.459 e. The summed E-state index contributed by atoms with van der Waals surface area (Å²) in [5.41, 5.74) is 2.20. The fraction of sp³-hybridized carbons (Fsp3) is 0.333. The van der Waals surface area contributed by atoms with E-state index in [1.807, 2.05) is 30.3 Å². The van der Waals surface area contributed by atoms with Crippen LogP contribution < -0.4 is 10.6 Å². The molecule has 0 aliphatic carbocycles. The minimum Gasteiger partial charge on any atom is -0.459 e. The number of carbonyl (C=O) groups is 4. The molecule has 2 aliphatic heterocycles. The van der Waals surface area contributed by atoms with Gasteiger partial charge in [-0.05, 0) is 29.3 Å². The van der Waals surface area contributed by atoms with E-state index in [1.165, 1.54) is 6.08 Å². The minimum absolute atomic E-state index is 0.0777. The summed E-state index contributed by atoms with van der Waals surface area (Å²) in [7, 11) is 0. The van der Waals surface area contributed by atoms with Crippen LogP contribution in [-0.2, 0) is 23.9 Å². The average molecular weight is 495 g/mol. The molecular formula is C27H27FN2O6. The summed E-state index contributed by atoms with van der Waals surface area (Å²) in [6.07, 6.45) is -2.25. The normalized spacial score (nSPS) is 23.7. The third kappa shape index (κ3) is 5.68. The zero-order valence-electron chi connectivity index (χ0n) is 19.9. The highest BCUT2D eigenvalue weighted by Crippen LogP contribution is 2.31. The topological polar surface area (TPSA) is 111 Å². The highest BCUT2D eigenvalue weighted by molar-refractivity contribution is 6.10. The second-order valence-corrected chi connectivity index (χ2v) is 9.07. The first-order chi connectivity index (χ1) is 17.2. The highest BCUT2D eigenvalue weighted by atomic mass is 19.1. The van der Waals surface area contributed by atoms with Crippen molar-refractivity contribution < 1.29 is 33.0 Å². The number of esters is 1. The molecule has 8 nitrogen and oxygen atoms in total. The number of alkyl halides is 1. The maximum absolute atomic E-state index is 14.7. The van der Waals surface area contributed by atoms with Crippen molar-refractivity contribution in [3.05, 3.63) is 71.9 Å². The number of amides is 3. The first-order valence-corrected chi connectivity index (χ1v) is 11.7. The van der Waals surface area contributed by atoms with Gasteiger partial charge in [-0.25, -0.2) is 9.18 Å². The van der Waals surface area contributed by atoms with Crippen molar-refractivity contribution in [3.8, 4) is 11.1 Å². The van der Waals surface area contributed by atoms with Crippen molar-refractivity contribution in [1.29, 1.82) is 0 Å². The summed E-state index contributed by atoms with van der Waals surface area (Å²) in [4.78, 5) is 48.9. The fourth-order valence-electron chi connectivity index (χ4n) is 4.03. The van der Waals surface area contributed by atoms with E-state index < -0.39 is 42.1 Å². The Bertz CT molecular complexity index is 1180. The van der Waals surface area contributed by atoms with E-state index in [2.05, 4.69) is 10.6 Å². The first-order valence-electron chi connectivity index (χ1n) is 11.7. The van der Waals surface area contributed by atoms with Gasteiger partial charge in [0.25, 0.3) is 5.91 Å². The number of halogens is 1. The maximum atomic E-state index is 14.7. The molecule has 2 aromatic carbocycles. The molecule has 0 spiro atoms. The fourth-order valence-corrected chi connectivity index (χ4v) is 4.03. The molecule has 2 aliphatic rings. The predicted octanol–water partition coefficient (Wildman–Crippen LogP) is 2.93. The van der Waals surface area contributed by atoms with Crippen molar-refractivity contribution in [3.63, 3.8) is 0 Å². The number of ether oxygens (including phenoxy) is 2. The molecule has 2 heterocycles. The molecule has 0 bridgehead atoms. The summed E-state index contributed by atoms with van der Waals surface area (Å²) in [6, 6.07) is 16.6. The Labute approximate surface area is 207 Å². The summed E-state index contributed by atoms with van der Waals surface area (Å²) in [6.45, 7) is 3.00. The lowest BCUT2D eigenvalue weighted by molar-refractivity contribution is -0.136. The van der Waals surface area contributed by atoms with Gasteiger partial charge >= 0.3 is 5.97 Å². The molecule has 2 N–H and O–H groups in total. The molecule has 0 aromatic heterocycles. The van der Waals surface area contributed by atoms with Crippen molar-refractivity contribution in [2.24, 2.45) is 11.8 Å². The van der Waals surface area contributed by atoms with E-state index in [0.717, 1.165) is 11.1 Å². The van der Waals surface area contributed by atoms with Crippen molar-refractivity contribution >= 4 is 23.7 Å². The van der Waals surface area contributed by atoms with Gasteiger partial charge in [0, 0.05) is 12.3 Å². The van der Waals surface area contributed by atoms with Crippen LogP contribution in [0, 0.1) is 11.8 Å². The van der Waals surface area contributed by atoms with Crippen LogP contribution in [0.1, 0.15) is 30.6 Å². The van der Waals surface area contributed by atoms with Crippen LogP contribution >= 0.6 is 0 Å². The van der Waals surface area contributed by atoms with Crippen LogP contribution in [0.25, 0.3) is 11.1 Å². The monoisotopic (exact) mass is 494 g/mol. The van der Waals surface area contributed by atoms with E-state index >= 15 is 0 Å². The Hall–Kier alpha value is -3.85. The van der Waals surface area contributed by atoms with E-state index in [4.69, 9.17) is 9.47 Å². The number of benzene rings is 2. The average Bonchev–Trinajstić information content (AvgIpc) is 3.24. The van der Waals surface area contributed by atoms with Crippen LogP contribution in [0.5, 0.6) is 0 Å². The SMILES string of the molecule is CC(C)C(=O)NC1=CC([C@H]2C[C@H](F)[C@@H](COC(=O)c3ccc(-c4ccccc4)cc3)O2)C(=O)NC1=O. The predicted molar refractivity (Wildman–Crippen MR) is 128 cm³/mol. The molecule has 2 aromatic rings. The second kappa shape index (κ2) is 10.8. The van der Waals surface area contributed by atoms with E-state index in [9.17, 15) is 23.6 Å². The molecule has 9 heteroatoms. The number of rotatable bonds is 7. The molecule has 3 amide bonds. The van der Waals surface area contributed by atoms with Crippen molar-refractivity contribution in [2.75, 3.05) is 6.61 Å². The van der Waals surface area contributed by atoms with E-state index in [1.54, 1.807) is 38.1 Å². The van der Waals surface area contributed by atoms with Gasteiger partial charge in [0.1, 0.15) is 24.6 Å². The van der Waals surface area contributed by atoms with Gasteiger partial charge in [-0.15, -0.1) is 0 Å². The first kappa shape index (κ1) is 25.2. The second-order valence-electron chi connectivity index (χ2n) is 9.07. The molecule has 1 fully saturated rings. The Kier molecular flexibility index (Phi) is 7.59. The lowest BCUT2D eigenvalue weighted by Crippen LogP contribution is -2.48. The Balaban J connectivity index is 1.36. The third-order valence-corrected chi connectivity index (χ3v) is 6.13. The van der Waals surface area contributed by atoms with E-state index in [-0.39, 0.29) is 30.5 Å². The Morgan fingerprint density at radius 3 is 2.42 bits per heavy atom. The Morgan fingerprint density at radius 1 is 1.08 bits per heavy atom. The van der Waals surface area contributed by atoms with Gasteiger partial charge in [0.15, 0.2) is 0 Å². The van der Waals surface area contributed by atoms with Crippen LogP contribution in [-0.4, -0.2) is 48.7 Å². The lowest BCUT2D eigenvalue weighted by atomic mass is 9.94. The van der Waals surface area contributed by atoms with Crippen molar-refractivity contribution in [2.45, 2.75) is 38.6 Å². The summed E-state index contributed by atoms with van der Waals surface area (Å²) in [5.74, 6) is -3.73.